The Morgan fingerprint density at radius 1 is 1.50 bits per heavy atom. The van der Waals surface area contributed by atoms with Crippen LogP contribution in [0.25, 0.3) is 0 Å². The maximum absolute atomic E-state index is 11.0. The van der Waals surface area contributed by atoms with Gasteiger partial charge in [0.25, 0.3) is 0 Å². The molecule has 0 radical (unpaired) electrons. The van der Waals surface area contributed by atoms with E-state index in [9.17, 15) is 4.79 Å². The third-order valence-electron chi connectivity index (χ3n) is 2.49. The number of hydrogen-bond acceptors (Lipinski definition) is 4. The largest absolute Gasteiger partial charge is 0.486 e. The van der Waals surface area contributed by atoms with E-state index in [0.717, 1.165) is 16.3 Å². The molecule has 2 heterocycles. The van der Waals surface area contributed by atoms with Crippen molar-refractivity contribution in [3.8, 4) is 5.75 Å². The van der Waals surface area contributed by atoms with Crippen LogP contribution >= 0.6 is 11.3 Å². The molecule has 0 saturated carbocycles. The van der Waals surface area contributed by atoms with E-state index >= 15 is 0 Å². The first kappa shape index (κ1) is 12.6. The lowest BCUT2D eigenvalue weighted by molar-refractivity contribution is 0.0697. The molecule has 2 aromatic heterocycles. The highest BCUT2D eigenvalue weighted by atomic mass is 32.1. The van der Waals surface area contributed by atoms with Crippen LogP contribution in [0.4, 0.5) is 0 Å². The highest BCUT2D eigenvalue weighted by Gasteiger charge is 2.15. The fourth-order valence-corrected chi connectivity index (χ4v) is 2.49. The van der Waals surface area contributed by atoms with E-state index in [1.54, 1.807) is 10.7 Å². The number of carboxylic acids is 1. The predicted molar refractivity (Wildman–Crippen MR) is 68.3 cm³/mol. The third-order valence-corrected chi connectivity index (χ3v) is 3.51. The van der Waals surface area contributed by atoms with Gasteiger partial charge in [0.15, 0.2) is 4.88 Å². The Labute approximate surface area is 109 Å². The van der Waals surface area contributed by atoms with Gasteiger partial charge in [0.1, 0.15) is 12.4 Å². The number of aromatic nitrogens is 2. The van der Waals surface area contributed by atoms with Crippen molar-refractivity contribution in [2.75, 3.05) is 0 Å². The van der Waals surface area contributed by atoms with Crippen molar-refractivity contribution in [2.24, 2.45) is 7.05 Å². The van der Waals surface area contributed by atoms with Crippen LogP contribution in [0.1, 0.15) is 25.9 Å². The van der Waals surface area contributed by atoms with Gasteiger partial charge in [0.05, 0.1) is 11.4 Å². The van der Waals surface area contributed by atoms with E-state index in [-0.39, 0.29) is 4.88 Å². The van der Waals surface area contributed by atoms with Gasteiger partial charge in [0.2, 0.25) is 0 Å². The quantitative estimate of drug-likeness (QED) is 0.922. The average molecular weight is 266 g/mol. The molecule has 0 amide bonds. The standard InChI is InChI=1S/C12H14N2O3S/c1-7-4-9(14(3)13-7)6-17-10-5-8(2)18-11(10)12(15)16/h4-5H,6H2,1-3H3,(H,15,16). The van der Waals surface area contributed by atoms with Crippen LogP contribution in [0.5, 0.6) is 5.75 Å². The van der Waals surface area contributed by atoms with Crippen LogP contribution in [0.2, 0.25) is 0 Å². The number of carboxylic acid groups (broad SMARTS) is 1. The Kier molecular flexibility index (Phi) is 3.38. The average Bonchev–Trinajstić information content (AvgIpc) is 2.79. The zero-order valence-electron chi connectivity index (χ0n) is 10.4. The molecule has 0 fully saturated rings. The Morgan fingerprint density at radius 3 is 2.78 bits per heavy atom. The van der Waals surface area contributed by atoms with Gasteiger partial charge in [-0.15, -0.1) is 11.3 Å². The normalized spacial score (nSPS) is 10.6. The fourth-order valence-electron chi connectivity index (χ4n) is 1.70. The number of carbonyl (C=O) groups is 1. The number of thiophene rings is 1. The van der Waals surface area contributed by atoms with Crippen molar-refractivity contribution in [2.45, 2.75) is 20.5 Å². The summed E-state index contributed by atoms with van der Waals surface area (Å²) in [5.74, 6) is -0.534. The summed E-state index contributed by atoms with van der Waals surface area (Å²) in [5, 5.41) is 13.3. The second-order valence-corrected chi connectivity index (χ2v) is 5.30. The van der Waals surface area contributed by atoms with Crippen LogP contribution < -0.4 is 4.74 Å². The van der Waals surface area contributed by atoms with E-state index < -0.39 is 5.97 Å². The number of aromatic carboxylic acids is 1. The third kappa shape index (κ3) is 2.53. The first-order valence-corrected chi connectivity index (χ1v) is 6.25. The molecule has 0 unspecified atom stereocenters. The summed E-state index contributed by atoms with van der Waals surface area (Å²) in [6.07, 6.45) is 0. The zero-order valence-corrected chi connectivity index (χ0v) is 11.2. The van der Waals surface area contributed by atoms with Gasteiger partial charge < -0.3 is 9.84 Å². The summed E-state index contributed by atoms with van der Waals surface area (Å²) in [4.78, 5) is 12.2. The number of hydrogen-bond donors (Lipinski definition) is 1. The molecular formula is C12H14N2O3S. The molecule has 0 saturated heterocycles. The minimum absolute atomic E-state index is 0.242. The minimum Gasteiger partial charge on any atom is -0.486 e. The van der Waals surface area contributed by atoms with Crippen molar-refractivity contribution in [3.63, 3.8) is 0 Å². The monoisotopic (exact) mass is 266 g/mol. The molecule has 0 aromatic carbocycles. The van der Waals surface area contributed by atoms with Gasteiger partial charge >= 0.3 is 5.97 Å². The Morgan fingerprint density at radius 2 is 2.22 bits per heavy atom. The van der Waals surface area contributed by atoms with Crippen LogP contribution in [-0.2, 0) is 13.7 Å². The van der Waals surface area contributed by atoms with Crippen LogP contribution in [-0.4, -0.2) is 20.9 Å². The summed E-state index contributed by atoms with van der Waals surface area (Å²) in [5.41, 5.74) is 1.82. The van der Waals surface area contributed by atoms with Gasteiger partial charge in [-0.2, -0.15) is 5.10 Å². The minimum atomic E-state index is -0.954. The van der Waals surface area contributed by atoms with Crippen LogP contribution in [0, 0.1) is 13.8 Å². The number of ether oxygens (including phenoxy) is 1. The van der Waals surface area contributed by atoms with E-state index in [1.165, 1.54) is 11.3 Å². The maximum atomic E-state index is 11.0. The zero-order chi connectivity index (χ0) is 13.3. The van der Waals surface area contributed by atoms with E-state index in [0.29, 0.717) is 12.4 Å². The molecule has 6 heteroatoms. The van der Waals surface area contributed by atoms with Gasteiger partial charge in [-0.05, 0) is 26.0 Å². The number of aryl methyl sites for hydroxylation is 3. The van der Waals surface area contributed by atoms with Gasteiger partial charge in [-0.1, -0.05) is 0 Å². The van der Waals surface area contributed by atoms with Gasteiger partial charge in [-0.25, -0.2) is 4.79 Å². The van der Waals surface area contributed by atoms with Gasteiger partial charge in [-0.3, -0.25) is 4.68 Å². The molecule has 1 N–H and O–H groups in total. The topological polar surface area (TPSA) is 64.3 Å². The molecule has 0 aliphatic carbocycles. The first-order valence-electron chi connectivity index (χ1n) is 5.43. The maximum Gasteiger partial charge on any atom is 0.349 e. The lowest BCUT2D eigenvalue weighted by Crippen LogP contribution is -2.04. The van der Waals surface area contributed by atoms with Crippen molar-refractivity contribution in [3.05, 3.63) is 33.3 Å². The Bertz CT molecular complexity index is 586. The summed E-state index contributed by atoms with van der Waals surface area (Å²) in [7, 11) is 1.84. The Balaban J connectivity index is 2.15. The molecule has 0 aliphatic heterocycles. The van der Waals surface area contributed by atoms with Crippen LogP contribution in [0.15, 0.2) is 12.1 Å². The van der Waals surface area contributed by atoms with Crippen LogP contribution in [0.3, 0.4) is 0 Å². The molecule has 96 valence electrons. The summed E-state index contributed by atoms with van der Waals surface area (Å²) in [6.45, 7) is 4.08. The Hall–Kier alpha value is -1.82. The molecule has 5 nitrogen and oxygen atoms in total. The predicted octanol–water partition coefficient (Wildman–Crippen LogP) is 2.38. The lowest BCUT2D eigenvalue weighted by atomic mass is 10.3. The molecule has 0 spiro atoms. The smallest absolute Gasteiger partial charge is 0.349 e. The summed E-state index contributed by atoms with van der Waals surface area (Å²) < 4.78 is 7.30. The molecule has 0 atom stereocenters. The van der Waals surface area contributed by atoms with E-state index in [1.807, 2.05) is 27.0 Å². The van der Waals surface area contributed by atoms with Crippen molar-refractivity contribution in [1.82, 2.24) is 9.78 Å². The van der Waals surface area contributed by atoms with Crippen molar-refractivity contribution >= 4 is 17.3 Å². The first-order chi connectivity index (χ1) is 8.47. The van der Waals surface area contributed by atoms with E-state index in [2.05, 4.69) is 5.10 Å². The molecule has 2 rings (SSSR count). The highest BCUT2D eigenvalue weighted by molar-refractivity contribution is 7.14. The molecular weight excluding hydrogens is 252 g/mol. The summed E-state index contributed by atoms with van der Waals surface area (Å²) in [6, 6.07) is 3.66. The SMILES string of the molecule is Cc1cc(COc2cc(C)sc2C(=O)O)n(C)n1. The number of rotatable bonds is 4. The van der Waals surface area contributed by atoms with Crippen molar-refractivity contribution < 1.29 is 14.6 Å². The fraction of sp³-hybridized carbons (Fsp3) is 0.333. The summed E-state index contributed by atoms with van der Waals surface area (Å²) >= 11 is 1.22. The highest BCUT2D eigenvalue weighted by Crippen LogP contribution is 2.29. The number of nitrogens with zero attached hydrogens (tertiary/aromatic N) is 2. The molecule has 18 heavy (non-hydrogen) atoms. The van der Waals surface area contributed by atoms with Gasteiger partial charge in [0, 0.05) is 11.9 Å². The lowest BCUT2D eigenvalue weighted by Gasteiger charge is -2.05. The second kappa shape index (κ2) is 4.81. The molecule has 0 bridgehead atoms. The second-order valence-electron chi connectivity index (χ2n) is 4.04. The van der Waals surface area contributed by atoms with E-state index in [4.69, 9.17) is 9.84 Å². The molecule has 2 aromatic rings. The van der Waals surface area contributed by atoms with Crippen molar-refractivity contribution in [1.29, 1.82) is 0 Å². The molecule has 0 aliphatic rings.